The maximum atomic E-state index is 12.4. The Hall–Kier alpha value is -1.30. The van der Waals surface area contributed by atoms with Crippen LogP contribution in [0, 0.1) is 5.41 Å². The number of amides is 2. The standard InChI is InChI=1S/C15H27N3O3/c1-11-9-12(5-8-17(11)3)16-14(21)18-7-4-6-15(2,10-18)13(19)20/h11-12H,4-10H2,1-3H3,(H,16,21)(H,19,20). The summed E-state index contributed by atoms with van der Waals surface area (Å²) in [5.74, 6) is -0.812. The van der Waals surface area contributed by atoms with Crippen LogP contribution in [0.4, 0.5) is 4.79 Å². The van der Waals surface area contributed by atoms with Crippen molar-refractivity contribution in [3.63, 3.8) is 0 Å². The topological polar surface area (TPSA) is 72.9 Å². The Kier molecular flexibility index (Phi) is 4.76. The number of carboxylic acid groups (broad SMARTS) is 1. The van der Waals surface area contributed by atoms with Crippen molar-refractivity contribution in [3.05, 3.63) is 0 Å². The number of hydrogen-bond acceptors (Lipinski definition) is 3. The van der Waals surface area contributed by atoms with Crippen LogP contribution < -0.4 is 5.32 Å². The predicted octanol–water partition coefficient (Wildman–Crippen LogP) is 1.37. The first-order chi connectivity index (χ1) is 9.82. The van der Waals surface area contributed by atoms with E-state index in [1.165, 1.54) is 0 Å². The van der Waals surface area contributed by atoms with Crippen LogP contribution in [0.1, 0.15) is 39.5 Å². The number of aliphatic carboxylic acids is 1. The van der Waals surface area contributed by atoms with Crippen LogP contribution >= 0.6 is 0 Å². The van der Waals surface area contributed by atoms with E-state index in [9.17, 15) is 14.7 Å². The molecule has 21 heavy (non-hydrogen) atoms. The SMILES string of the molecule is CC1CC(NC(=O)N2CCCC(C)(C(=O)O)C2)CCN1C. The molecule has 2 rings (SSSR count). The second-order valence-corrected chi connectivity index (χ2v) is 6.89. The van der Waals surface area contributed by atoms with E-state index < -0.39 is 11.4 Å². The fourth-order valence-electron chi connectivity index (χ4n) is 3.27. The molecular weight excluding hydrogens is 270 g/mol. The number of nitrogens with one attached hydrogen (secondary N) is 1. The van der Waals surface area contributed by atoms with E-state index >= 15 is 0 Å². The van der Waals surface area contributed by atoms with Crippen molar-refractivity contribution in [3.8, 4) is 0 Å². The monoisotopic (exact) mass is 297 g/mol. The first-order valence-corrected chi connectivity index (χ1v) is 7.81. The third kappa shape index (κ3) is 3.67. The summed E-state index contributed by atoms with van der Waals surface area (Å²) in [6, 6.07) is 0.556. The van der Waals surface area contributed by atoms with E-state index in [1.807, 2.05) is 0 Å². The number of nitrogens with zero attached hydrogens (tertiary/aromatic N) is 2. The summed E-state index contributed by atoms with van der Waals surface area (Å²) in [6.45, 7) is 5.83. The molecule has 0 aromatic rings. The van der Waals surface area contributed by atoms with Crippen LogP contribution in [-0.2, 0) is 4.79 Å². The highest BCUT2D eigenvalue weighted by Gasteiger charge is 2.39. The Labute approximate surface area is 126 Å². The molecule has 0 saturated carbocycles. The molecule has 2 aliphatic heterocycles. The highest BCUT2D eigenvalue weighted by molar-refractivity contribution is 5.78. The molecule has 3 atom stereocenters. The molecule has 2 saturated heterocycles. The average molecular weight is 297 g/mol. The molecule has 0 aromatic heterocycles. The van der Waals surface area contributed by atoms with Gasteiger partial charge in [-0.05, 0) is 46.6 Å². The van der Waals surface area contributed by atoms with Gasteiger partial charge in [-0.2, -0.15) is 0 Å². The van der Waals surface area contributed by atoms with Crippen molar-refractivity contribution in [1.82, 2.24) is 15.1 Å². The lowest BCUT2D eigenvalue weighted by Crippen LogP contribution is -2.55. The smallest absolute Gasteiger partial charge is 0.317 e. The fraction of sp³-hybridized carbons (Fsp3) is 0.867. The molecule has 6 heteroatoms. The molecule has 2 heterocycles. The number of piperidine rings is 2. The number of likely N-dealkylation sites (tertiary alicyclic amines) is 2. The van der Waals surface area contributed by atoms with Crippen LogP contribution in [-0.4, -0.2) is 65.7 Å². The maximum Gasteiger partial charge on any atom is 0.317 e. The minimum atomic E-state index is -0.812. The van der Waals surface area contributed by atoms with E-state index in [0.29, 0.717) is 25.6 Å². The summed E-state index contributed by atoms with van der Waals surface area (Å²) in [7, 11) is 2.10. The van der Waals surface area contributed by atoms with E-state index in [-0.39, 0.29) is 12.1 Å². The molecule has 0 radical (unpaired) electrons. The summed E-state index contributed by atoms with van der Waals surface area (Å²) < 4.78 is 0. The van der Waals surface area contributed by atoms with E-state index in [1.54, 1.807) is 11.8 Å². The van der Waals surface area contributed by atoms with Crippen LogP contribution in [0.3, 0.4) is 0 Å². The molecule has 0 spiro atoms. The normalized spacial score (nSPS) is 34.5. The van der Waals surface area contributed by atoms with Gasteiger partial charge in [0.1, 0.15) is 0 Å². The van der Waals surface area contributed by atoms with Crippen molar-refractivity contribution in [1.29, 1.82) is 0 Å². The maximum absolute atomic E-state index is 12.4. The summed E-state index contributed by atoms with van der Waals surface area (Å²) in [5.41, 5.74) is -0.810. The molecule has 2 N–H and O–H groups in total. The lowest BCUT2D eigenvalue weighted by molar-refractivity contribution is -0.150. The Balaban J connectivity index is 1.90. The van der Waals surface area contributed by atoms with E-state index in [0.717, 1.165) is 25.8 Å². The minimum absolute atomic E-state index is 0.107. The Bertz CT molecular complexity index is 415. The van der Waals surface area contributed by atoms with Gasteiger partial charge in [-0.25, -0.2) is 4.79 Å². The quantitative estimate of drug-likeness (QED) is 0.807. The Morgan fingerprint density at radius 1 is 1.33 bits per heavy atom. The third-order valence-electron chi connectivity index (χ3n) is 5.04. The van der Waals surface area contributed by atoms with Gasteiger partial charge in [0.05, 0.1) is 5.41 Å². The molecule has 0 bridgehead atoms. The van der Waals surface area contributed by atoms with Crippen molar-refractivity contribution in [2.75, 3.05) is 26.7 Å². The van der Waals surface area contributed by atoms with E-state index in [2.05, 4.69) is 24.2 Å². The molecule has 2 fully saturated rings. The highest BCUT2D eigenvalue weighted by atomic mass is 16.4. The Morgan fingerprint density at radius 2 is 2.05 bits per heavy atom. The Morgan fingerprint density at radius 3 is 2.67 bits per heavy atom. The van der Waals surface area contributed by atoms with Crippen LogP contribution in [0.2, 0.25) is 0 Å². The van der Waals surface area contributed by atoms with Gasteiger partial charge in [-0.3, -0.25) is 4.79 Å². The van der Waals surface area contributed by atoms with Crippen molar-refractivity contribution < 1.29 is 14.7 Å². The molecule has 120 valence electrons. The van der Waals surface area contributed by atoms with Gasteiger partial charge in [-0.15, -0.1) is 0 Å². The van der Waals surface area contributed by atoms with Gasteiger partial charge in [0, 0.05) is 31.7 Å². The van der Waals surface area contributed by atoms with Gasteiger partial charge in [0.15, 0.2) is 0 Å². The fourth-order valence-corrected chi connectivity index (χ4v) is 3.27. The zero-order valence-electron chi connectivity index (χ0n) is 13.3. The number of urea groups is 1. The van der Waals surface area contributed by atoms with E-state index in [4.69, 9.17) is 0 Å². The van der Waals surface area contributed by atoms with Gasteiger partial charge < -0.3 is 20.2 Å². The zero-order chi connectivity index (χ0) is 15.6. The van der Waals surface area contributed by atoms with Crippen LogP contribution in [0.5, 0.6) is 0 Å². The second-order valence-electron chi connectivity index (χ2n) is 6.89. The largest absolute Gasteiger partial charge is 0.481 e. The first kappa shape index (κ1) is 16.1. The molecule has 2 amide bonds. The molecule has 3 unspecified atom stereocenters. The molecule has 0 aromatic carbocycles. The zero-order valence-corrected chi connectivity index (χ0v) is 13.3. The summed E-state index contributed by atoms with van der Waals surface area (Å²) >= 11 is 0. The van der Waals surface area contributed by atoms with Crippen LogP contribution in [0.25, 0.3) is 0 Å². The first-order valence-electron chi connectivity index (χ1n) is 7.81. The van der Waals surface area contributed by atoms with Gasteiger partial charge >= 0.3 is 12.0 Å². The lowest BCUT2D eigenvalue weighted by Gasteiger charge is -2.40. The van der Waals surface area contributed by atoms with Crippen molar-refractivity contribution >= 4 is 12.0 Å². The summed E-state index contributed by atoms with van der Waals surface area (Å²) in [6.07, 6.45) is 3.29. The predicted molar refractivity (Wildman–Crippen MR) is 80.2 cm³/mol. The molecule has 2 aliphatic rings. The number of hydrogen-bond donors (Lipinski definition) is 2. The van der Waals surface area contributed by atoms with Crippen molar-refractivity contribution in [2.45, 2.75) is 51.6 Å². The molecule has 6 nitrogen and oxygen atoms in total. The summed E-state index contributed by atoms with van der Waals surface area (Å²) in [5, 5.41) is 12.4. The number of carboxylic acids is 1. The van der Waals surface area contributed by atoms with Crippen LogP contribution in [0.15, 0.2) is 0 Å². The number of rotatable bonds is 2. The second kappa shape index (κ2) is 6.22. The number of carbonyl (C=O) groups excluding carboxylic acids is 1. The minimum Gasteiger partial charge on any atom is -0.481 e. The number of carbonyl (C=O) groups is 2. The lowest BCUT2D eigenvalue weighted by atomic mass is 9.82. The molecular formula is C15H27N3O3. The van der Waals surface area contributed by atoms with Gasteiger partial charge in [-0.1, -0.05) is 0 Å². The average Bonchev–Trinajstić information content (AvgIpc) is 2.43. The molecule has 0 aliphatic carbocycles. The van der Waals surface area contributed by atoms with Gasteiger partial charge in [0.25, 0.3) is 0 Å². The highest BCUT2D eigenvalue weighted by Crippen LogP contribution is 2.29. The third-order valence-corrected chi connectivity index (χ3v) is 5.04. The summed E-state index contributed by atoms with van der Waals surface area (Å²) in [4.78, 5) is 27.7. The van der Waals surface area contributed by atoms with Gasteiger partial charge in [0.2, 0.25) is 0 Å². The van der Waals surface area contributed by atoms with Crippen molar-refractivity contribution in [2.24, 2.45) is 5.41 Å².